The number of rotatable bonds is 0. The van der Waals surface area contributed by atoms with E-state index in [1.54, 1.807) is 11.8 Å². The van der Waals surface area contributed by atoms with Gasteiger partial charge >= 0.3 is 0 Å². The fraction of sp³-hybridized carbons (Fsp3) is 0.750. The molecule has 72 valence electrons. The summed E-state index contributed by atoms with van der Waals surface area (Å²) in [6.07, 6.45) is 0. The van der Waals surface area contributed by atoms with E-state index in [2.05, 4.69) is 20.4 Å². The van der Waals surface area contributed by atoms with E-state index in [-0.39, 0.29) is 0 Å². The van der Waals surface area contributed by atoms with Gasteiger partial charge in [-0.2, -0.15) is 5.10 Å². The van der Waals surface area contributed by atoms with Gasteiger partial charge in [0, 0.05) is 37.6 Å². The molecule has 0 radical (unpaired) electrons. The average molecular weight is 198 g/mol. The van der Waals surface area contributed by atoms with Gasteiger partial charge in [-0.1, -0.05) is 11.8 Å². The van der Waals surface area contributed by atoms with E-state index in [0.29, 0.717) is 0 Å². The summed E-state index contributed by atoms with van der Waals surface area (Å²) < 4.78 is 0. The van der Waals surface area contributed by atoms with Crippen LogP contribution in [0, 0.1) is 0 Å². The molecule has 0 atom stereocenters. The highest BCUT2D eigenvalue weighted by atomic mass is 32.2. The highest BCUT2D eigenvalue weighted by Crippen LogP contribution is 2.14. The highest BCUT2D eigenvalue weighted by molar-refractivity contribution is 8.14. The Morgan fingerprint density at radius 2 is 2.08 bits per heavy atom. The Kier molecular flexibility index (Phi) is 2.85. The van der Waals surface area contributed by atoms with Crippen LogP contribution < -0.4 is 5.32 Å². The molecular weight excluding hydrogens is 184 g/mol. The largest absolute Gasteiger partial charge is 0.347 e. The molecule has 0 aliphatic carbocycles. The lowest BCUT2D eigenvalue weighted by atomic mass is 10.4. The number of hydrogen-bond acceptors (Lipinski definition) is 5. The molecule has 2 rings (SSSR count). The minimum atomic E-state index is 0.989. The van der Waals surface area contributed by atoms with Crippen molar-refractivity contribution in [3.05, 3.63) is 0 Å². The Labute approximate surface area is 82.5 Å². The topological polar surface area (TPSA) is 40.0 Å². The third kappa shape index (κ3) is 2.22. The van der Waals surface area contributed by atoms with Crippen molar-refractivity contribution in [2.24, 2.45) is 10.2 Å². The lowest BCUT2D eigenvalue weighted by Crippen LogP contribution is -2.46. The summed E-state index contributed by atoms with van der Waals surface area (Å²) in [6.45, 7) is 6.25. The predicted octanol–water partition coefficient (Wildman–Crippen LogP) is 0.370. The standard InChI is InChI=1S/C8H14N4S/c1-7-6-13-8(11-10-7)12-4-2-9-3-5-12/h9H,2-6H2,1H3. The van der Waals surface area contributed by atoms with E-state index in [4.69, 9.17) is 0 Å². The number of amidine groups is 1. The second kappa shape index (κ2) is 4.11. The molecule has 13 heavy (non-hydrogen) atoms. The van der Waals surface area contributed by atoms with Gasteiger partial charge < -0.3 is 10.2 Å². The van der Waals surface area contributed by atoms with Gasteiger partial charge in [0.15, 0.2) is 5.17 Å². The molecule has 0 unspecified atom stereocenters. The first-order valence-electron chi connectivity index (χ1n) is 4.56. The normalized spacial score (nSPS) is 23.9. The molecule has 5 heteroatoms. The molecule has 2 aliphatic rings. The number of hydrogen-bond donors (Lipinski definition) is 1. The Hall–Kier alpha value is -0.550. The lowest BCUT2D eigenvalue weighted by molar-refractivity contribution is 0.362. The minimum absolute atomic E-state index is 0.989. The summed E-state index contributed by atoms with van der Waals surface area (Å²) in [4.78, 5) is 2.30. The van der Waals surface area contributed by atoms with Crippen LogP contribution in [0.15, 0.2) is 10.2 Å². The van der Waals surface area contributed by atoms with Crippen LogP contribution in [0.1, 0.15) is 6.92 Å². The average Bonchev–Trinajstić information content (AvgIpc) is 2.20. The minimum Gasteiger partial charge on any atom is -0.347 e. The molecule has 1 N–H and O–H groups in total. The number of nitrogens with one attached hydrogen (secondary N) is 1. The van der Waals surface area contributed by atoms with E-state index in [1.165, 1.54) is 0 Å². The predicted molar refractivity (Wildman–Crippen MR) is 57.4 cm³/mol. The van der Waals surface area contributed by atoms with Gasteiger partial charge in [-0.3, -0.25) is 0 Å². The van der Waals surface area contributed by atoms with Crippen LogP contribution in [0.2, 0.25) is 0 Å². The van der Waals surface area contributed by atoms with E-state index in [9.17, 15) is 0 Å². The van der Waals surface area contributed by atoms with E-state index in [1.807, 2.05) is 6.92 Å². The van der Waals surface area contributed by atoms with Crippen molar-refractivity contribution >= 4 is 22.6 Å². The summed E-state index contributed by atoms with van der Waals surface area (Å²) >= 11 is 1.80. The van der Waals surface area contributed by atoms with Gasteiger partial charge in [0.2, 0.25) is 0 Å². The molecule has 0 aromatic carbocycles. The number of thioether (sulfide) groups is 1. The Balaban J connectivity index is 1.99. The van der Waals surface area contributed by atoms with E-state index in [0.717, 1.165) is 42.8 Å². The summed E-state index contributed by atoms with van der Waals surface area (Å²) in [5.74, 6) is 0.989. The van der Waals surface area contributed by atoms with Crippen molar-refractivity contribution < 1.29 is 0 Å². The van der Waals surface area contributed by atoms with Crippen LogP contribution in [0.3, 0.4) is 0 Å². The first-order valence-corrected chi connectivity index (χ1v) is 5.54. The molecule has 0 aromatic rings. The maximum Gasteiger partial charge on any atom is 0.186 e. The van der Waals surface area contributed by atoms with Crippen molar-refractivity contribution in [3.8, 4) is 0 Å². The van der Waals surface area contributed by atoms with Crippen molar-refractivity contribution in [2.45, 2.75) is 6.92 Å². The van der Waals surface area contributed by atoms with Crippen molar-refractivity contribution in [2.75, 3.05) is 31.9 Å². The first kappa shape index (κ1) is 9.02. The van der Waals surface area contributed by atoms with Gasteiger partial charge in [0.25, 0.3) is 0 Å². The van der Waals surface area contributed by atoms with E-state index >= 15 is 0 Å². The Bertz CT molecular complexity index is 243. The third-order valence-electron chi connectivity index (χ3n) is 2.10. The van der Waals surface area contributed by atoms with Gasteiger partial charge in [0.05, 0.1) is 0 Å². The van der Waals surface area contributed by atoms with Crippen LogP contribution in [-0.2, 0) is 0 Å². The monoisotopic (exact) mass is 198 g/mol. The Morgan fingerprint density at radius 3 is 2.69 bits per heavy atom. The van der Waals surface area contributed by atoms with E-state index < -0.39 is 0 Å². The molecule has 0 aromatic heterocycles. The molecule has 0 spiro atoms. The van der Waals surface area contributed by atoms with Crippen LogP contribution in [0.4, 0.5) is 0 Å². The highest BCUT2D eigenvalue weighted by Gasteiger charge is 2.17. The maximum atomic E-state index is 4.20. The zero-order valence-electron chi connectivity index (χ0n) is 7.79. The molecular formula is C8H14N4S. The fourth-order valence-electron chi connectivity index (χ4n) is 1.37. The van der Waals surface area contributed by atoms with Crippen LogP contribution in [0.5, 0.6) is 0 Å². The van der Waals surface area contributed by atoms with Gasteiger partial charge in [-0.25, -0.2) is 0 Å². The SMILES string of the molecule is CC1=NN=C(N2CCNCC2)SC1. The summed E-state index contributed by atoms with van der Waals surface area (Å²) in [7, 11) is 0. The van der Waals surface area contributed by atoms with Crippen LogP contribution in [0.25, 0.3) is 0 Å². The number of piperazine rings is 1. The van der Waals surface area contributed by atoms with Gasteiger partial charge in [-0.15, -0.1) is 5.10 Å². The molecule has 0 saturated carbocycles. The summed E-state index contributed by atoms with van der Waals surface area (Å²) in [5.41, 5.74) is 1.11. The van der Waals surface area contributed by atoms with Crippen LogP contribution >= 0.6 is 11.8 Å². The molecule has 0 amide bonds. The van der Waals surface area contributed by atoms with Gasteiger partial charge in [-0.05, 0) is 6.92 Å². The van der Waals surface area contributed by atoms with Crippen molar-refractivity contribution in [1.82, 2.24) is 10.2 Å². The summed E-state index contributed by atoms with van der Waals surface area (Å²) in [6, 6.07) is 0. The fourth-order valence-corrected chi connectivity index (χ4v) is 2.22. The second-order valence-electron chi connectivity index (χ2n) is 3.24. The molecule has 0 bridgehead atoms. The maximum absolute atomic E-state index is 4.20. The molecule has 1 fully saturated rings. The molecule has 1 saturated heterocycles. The molecule has 4 nitrogen and oxygen atoms in total. The molecule has 2 aliphatic heterocycles. The van der Waals surface area contributed by atoms with Gasteiger partial charge in [0.1, 0.15) is 0 Å². The quantitative estimate of drug-likeness (QED) is 0.611. The summed E-state index contributed by atoms with van der Waals surface area (Å²) in [5, 5.41) is 12.7. The first-order chi connectivity index (χ1) is 6.36. The Morgan fingerprint density at radius 1 is 1.31 bits per heavy atom. The van der Waals surface area contributed by atoms with Crippen molar-refractivity contribution in [1.29, 1.82) is 0 Å². The molecule has 2 heterocycles. The zero-order chi connectivity index (χ0) is 9.10. The van der Waals surface area contributed by atoms with Crippen LogP contribution in [-0.4, -0.2) is 47.7 Å². The second-order valence-corrected chi connectivity index (χ2v) is 4.19. The zero-order valence-corrected chi connectivity index (χ0v) is 8.60. The number of nitrogens with zero attached hydrogens (tertiary/aromatic N) is 3. The third-order valence-corrected chi connectivity index (χ3v) is 3.26. The smallest absolute Gasteiger partial charge is 0.186 e. The van der Waals surface area contributed by atoms with Crippen molar-refractivity contribution in [3.63, 3.8) is 0 Å². The lowest BCUT2D eigenvalue weighted by Gasteiger charge is -2.30.